The molecule has 4 rings (SSSR count). The van der Waals surface area contributed by atoms with Crippen molar-refractivity contribution in [1.82, 2.24) is 10.3 Å². The lowest BCUT2D eigenvalue weighted by Crippen LogP contribution is -2.32. The van der Waals surface area contributed by atoms with Crippen LogP contribution < -0.4 is 10.6 Å². The first-order valence-corrected chi connectivity index (χ1v) is 10.3. The number of fused-ring (bicyclic) bond motifs is 1. The Morgan fingerprint density at radius 1 is 1.03 bits per heavy atom. The van der Waals surface area contributed by atoms with Crippen LogP contribution in [0, 0.1) is 0 Å². The van der Waals surface area contributed by atoms with E-state index in [4.69, 9.17) is 12.2 Å². The lowest BCUT2D eigenvalue weighted by atomic mass is 10.2. The third kappa shape index (κ3) is 4.71. The molecule has 5 nitrogen and oxygen atoms in total. The molecule has 0 bridgehead atoms. The maximum atomic E-state index is 12.1. The molecule has 0 unspecified atom stereocenters. The fraction of sp³-hybridized carbons (Fsp3) is 0. The predicted molar refractivity (Wildman–Crippen MR) is 127 cm³/mol. The number of nitrogens with one attached hydrogen (secondary N) is 2. The van der Waals surface area contributed by atoms with E-state index in [0.717, 1.165) is 15.8 Å². The highest BCUT2D eigenvalue weighted by molar-refractivity contribution is 7.80. The van der Waals surface area contributed by atoms with Crippen LogP contribution in [-0.4, -0.2) is 21.1 Å². The van der Waals surface area contributed by atoms with Gasteiger partial charge >= 0.3 is 0 Å². The first-order valence-electron chi connectivity index (χ1n) is 9.12. The lowest BCUT2D eigenvalue weighted by Gasteiger charge is -2.10. The zero-order valence-electron chi connectivity index (χ0n) is 15.7. The number of anilines is 1. The largest absolute Gasteiger partial charge is 0.507 e. The summed E-state index contributed by atoms with van der Waals surface area (Å²) < 4.78 is 1.04. The van der Waals surface area contributed by atoms with Gasteiger partial charge in [0.1, 0.15) is 10.8 Å². The Morgan fingerprint density at radius 3 is 2.60 bits per heavy atom. The molecule has 0 fully saturated rings. The minimum atomic E-state index is -0.332. The molecule has 0 aliphatic heterocycles. The first-order chi connectivity index (χ1) is 14.6. The van der Waals surface area contributed by atoms with E-state index in [1.54, 1.807) is 24.3 Å². The van der Waals surface area contributed by atoms with E-state index in [-0.39, 0.29) is 16.8 Å². The molecule has 1 amide bonds. The van der Waals surface area contributed by atoms with Crippen LogP contribution in [-0.2, 0) is 4.79 Å². The van der Waals surface area contributed by atoms with Gasteiger partial charge in [0, 0.05) is 11.8 Å². The maximum absolute atomic E-state index is 12.1. The first kappa shape index (κ1) is 19.8. The molecule has 0 radical (unpaired) electrons. The van der Waals surface area contributed by atoms with Crippen molar-refractivity contribution in [3.05, 3.63) is 84.4 Å². The maximum Gasteiger partial charge on any atom is 0.250 e. The second kappa shape index (κ2) is 8.86. The van der Waals surface area contributed by atoms with Gasteiger partial charge in [-0.15, -0.1) is 11.3 Å². The molecular formula is C23H17N3O2S2. The molecule has 0 atom stereocenters. The summed E-state index contributed by atoms with van der Waals surface area (Å²) in [7, 11) is 0. The number of amides is 1. The number of phenolic OH excluding ortho intramolecular Hbond substituents is 1. The number of thiocarbonyl (C=S) groups is 1. The average Bonchev–Trinajstić information content (AvgIpc) is 3.18. The number of hydrogen-bond donors (Lipinski definition) is 3. The number of thiazole rings is 1. The Hall–Kier alpha value is -3.55. The number of rotatable bonds is 4. The van der Waals surface area contributed by atoms with Gasteiger partial charge in [-0.3, -0.25) is 10.1 Å². The lowest BCUT2D eigenvalue weighted by molar-refractivity contribution is -0.115. The van der Waals surface area contributed by atoms with E-state index in [1.807, 2.05) is 54.6 Å². The Balaban J connectivity index is 1.45. The van der Waals surface area contributed by atoms with Crippen LogP contribution in [0.25, 0.3) is 26.9 Å². The van der Waals surface area contributed by atoms with Gasteiger partial charge in [-0.2, -0.15) is 0 Å². The van der Waals surface area contributed by atoms with Gasteiger partial charge in [-0.1, -0.05) is 42.5 Å². The van der Waals surface area contributed by atoms with E-state index in [2.05, 4.69) is 15.6 Å². The van der Waals surface area contributed by atoms with Crippen LogP contribution in [0.2, 0.25) is 0 Å². The third-order valence-electron chi connectivity index (χ3n) is 4.24. The molecule has 30 heavy (non-hydrogen) atoms. The molecule has 7 heteroatoms. The summed E-state index contributed by atoms with van der Waals surface area (Å²) in [6, 6.07) is 22.3. The van der Waals surface area contributed by atoms with Crippen LogP contribution in [0.1, 0.15) is 5.56 Å². The highest BCUT2D eigenvalue weighted by atomic mass is 32.1. The van der Waals surface area contributed by atoms with Gasteiger partial charge in [-0.25, -0.2) is 4.98 Å². The van der Waals surface area contributed by atoms with E-state index in [9.17, 15) is 9.90 Å². The van der Waals surface area contributed by atoms with Crippen LogP contribution in [0.5, 0.6) is 5.75 Å². The molecule has 4 aromatic rings. The van der Waals surface area contributed by atoms with Crippen LogP contribution >= 0.6 is 23.6 Å². The molecule has 0 aliphatic carbocycles. The van der Waals surface area contributed by atoms with Crippen molar-refractivity contribution in [1.29, 1.82) is 0 Å². The number of hydrogen-bond acceptors (Lipinski definition) is 5. The molecule has 0 aliphatic rings. The van der Waals surface area contributed by atoms with Crippen molar-refractivity contribution in [3.8, 4) is 16.3 Å². The summed E-state index contributed by atoms with van der Waals surface area (Å²) in [4.78, 5) is 16.7. The topological polar surface area (TPSA) is 74.2 Å². The van der Waals surface area contributed by atoms with E-state index < -0.39 is 0 Å². The van der Waals surface area contributed by atoms with Crippen molar-refractivity contribution < 1.29 is 9.90 Å². The number of phenols is 1. The normalized spacial score (nSPS) is 10.9. The van der Waals surface area contributed by atoms with Crippen molar-refractivity contribution >= 4 is 56.6 Å². The SMILES string of the molecule is O=C(/C=C/c1ccccc1)NC(=S)Nc1ccc(O)c(-c2nc3ccccc3s2)c1. The van der Waals surface area contributed by atoms with Gasteiger partial charge in [0.15, 0.2) is 5.11 Å². The predicted octanol–water partition coefficient (Wildman–Crippen LogP) is 5.20. The number of carbonyl (C=O) groups is 1. The molecule has 148 valence electrons. The van der Waals surface area contributed by atoms with Gasteiger partial charge in [0.25, 0.3) is 0 Å². The standard InChI is InChI=1S/C23H17N3O2S2/c27-19-12-11-16(14-17(19)22-25-18-8-4-5-9-20(18)30-22)24-23(29)26-21(28)13-10-15-6-2-1-3-7-15/h1-14,27H,(H2,24,26,28,29)/b13-10+. The van der Waals surface area contributed by atoms with Crippen LogP contribution in [0.4, 0.5) is 5.69 Å². The molecule has 1 aromatic heterocycles. The molecule has 3 aromatic carbocycles. The number of nitrogens with zero attached hydrogens (tertiary/aromatic N) is 1. The van der Waals surface area contributed by atoms with Crippen LogP contribution in [0.3, 0.4) is 0 Å². The summed E-state index contributed by atoms with van der Waals surface area (Å²) in [6.07, 6.45) is 3.14. The number of aromatic hydroxyl groups is 1. The van der Waals surface area contributed by atoms with Gasteiger partial charge in [0.05, 0.1) is 15.8 Å². The summed E-state index contributed by atoms with van der Waals surface area (Å²) in [5, 5.41) is 16.8. The number of benzene rings is 3. The number of para-hydroxylation sites is 1. The van der Waals surface area contributed by atoms with Crippen molar-refractivity contribution in [2.45, 2.75) is 0 Å². The minimum Gasteiger partial charge on any atom is -0.507 e. The molecule has 0 saturated carbocycles. The van der Waals surface area contributed by atoms with Gasteiger partial charge < -0.3 is 10.4 Å². The van der Waals surface area contributed by atoms with E-state index in [0.29, 0.717) is 16.3 Å². The smallest absolute Gasteiger partial charge is 0.250 e. The van der Waals surface area contributed by atoms with Crippen molar-refractivity contribution in [2.24, 2.45) is 0 Å². The fourth-order valence-electron chi connectivity index (χ4n) is 2.82. The summed E-state index contributed by atoms with van der Waals surface area (Å²) >= 11 is 6.73. The Bertz CT molecular complexity index is 1220. The monoisotopic (exact) mass is 431 g/mol. The Morgan fingerprint density at radius 2 is 1.80 bits per heavy atom. The molecular weight excluding hydrogens is 414 g/mol. The van der Waals surface area contributed by atoms with Crippen molar-refractivity contribution in [2.75, 3.05) is 5.32 Å². The highest BCUT2D eigenvalue weighted by Crippen LogP contribution is 2.36. The Kier molecular flexibility index (Phi) is 5.83. The zero-order chi connectivity index (χ0) is 20.9. The van der Waals surface area contributed by atoms with E-state index in [1.165, 1.54) is 17.4 Å². The quantitative estimate of drug-likeness (QED) is 0.235. The molecule has 0 spiro atoms. The molecule has 1 heterocycles. The van der Waals surface area contributed by atoms with Crippen LogP contribution in [0.15, 0.2) is 78.9 Å². The summed E-state index contributed by atoms with van der Waals surface area (Å²) in [6.45, 7) is 0. The second-order valence-electron chi connectivity index (χ2n) is 6.41. The minimum absolute atomic E-state index is 0.125. The molecule has 3 N–H and O–H groups in total. The number of aromatic nitrogens is 1. The van der Waals surface area contributed by atoms with Gasteiger partial charge in [-0.05, 0) is 54.2 Å². The Labute approximate surface area is 182 Å². The highest BCUT2D eigenvalue weighted by Gasteiger charge is 2.12. The number of carbonyl (C=O) groups excluding carboxylic acids is 1. The van der Waals surface area contributed by atoms with Gasteiger partial charge in [0.2, 0.25) is 5.91 Å². The summed E-state index contributed by atoms with van der Waals surface area (Å²) in [5.74, 6) is -0.207. The molecule has 0 saturated heterocycles. The van der Waals surface area contributed by atoms with E-state index >= 15 is 0 Å². The average molecular weight is 432 g/mol. The second-order valence-corrected chi connectivity index (χ2v) is 7.84. The fourth-order valence-corrected chi connectivity index (χ4v) is 4.03. The van der Waals surface area contributed by atoms with Crippen molar-refractivity contribution in [3.63, 3.8) is 0 Å². The summed E-state index contributed by atoms with van der Waals surface area (Å²) in [5.41, 5.74) is 3.03. The third-order valence-corrected chi connectivity index (χ3v) is 5.52. The zero-order valence-corrected chi connectivity index (χ0v) is 17.3.